The van der Waals surface area contributed by atoms with E-state index in [-0.39, 0.29) is 11.7 Å². The van der Waals surface area contributed by atoms with E-state index in [4.69, 9.17) is 4.74 Å². The van der Waals surface area contributed by atoms with Gasteiger partial charge in [-0.2, -0.15) is 0 Å². The Hall–Kier alpha value is -1.13. The highest BCUT2D eigenvalue weighted by Gasteiger charge is 2.18. The Bertz CT molecular complexity index is 394. The lowest BCUT2D eigenvalue weighted by Gasteiger charge is -2.15. The summed E-state index contributed by atoms with van der Waals surface area (Å²) in [6.07, 6.45) is 0.340. The maximum Gasteiger partial charge on any atom is 0.220 e. The fourth-order valence-electron chi connectivity index (χ4n) is 1.33. The first-order chi connectivity index (χ1) is 7.79. The molecule has 0 aliphatic heterocycles. The Balaban J connectivity index is 2.76. The van der Waals surface area contributed by atoms with Crippen LogP contribution in [0, 0.1) is 5.92 Å². The van der Waals surface area contributed by atoms with Crippen LogP contribution in [0.3, 0.4) is 0 Å². The molecule has 4 heteroatoms. The molecule has 0 heterocycles. The molecule has 0 spiro atoms. The fourth-order valence-corrected chi connectivity index (χ4v) is 1.85. The highest BCUT2D eigenvalue weighted by atomic mass is 28.4. The zero-order chi connectivity index (χ0) is 13.1. The first kappa shape index (κ1) is 13.9. The van der Waals surface area contributed by atoms with Gasteiger partial charge in [-0.15, -0.1) is 0 Å². The van der Waals surface area contributed by atoms with Crippen molar-refractivity contribution in [2.24, 2.45) is 5.92 Å². The summed E-state index contributed by atoms with van der Waals surface area (Å²) in [5.74, 6) is 0.732. The largest absolute Gasteiger partial charge is 0.494 e. The molecule has 0 aromatic heterocycles. The standard InChI is InChI=1S/C13H20O3Si/c1-10(2)13(14)11-6-5-7-12(8-11)16-9-17(3,4)15/h5-8,10,15H,9H2,1-4H3. The van der Waals surface area contributed by atoms with Crippen molar-refractivity contribution in [3.8, 4) is 5.75 Å². The molecule has 0 fully saturated rings. The van der Waals surface area contributed by atoms with Crippen molar-refractivity contribution in [3.05, 3.63) is 29.8 Å². The first-order valence-electron chi connectivity index (χ1n) is 5.79. The number of rotatable bonds is 5. The van der Waals surface area contributed by atoms with Crippen LogP contribution in [0.1, 0.15) is 24.2 Å². The van der Waals surface area contributed by atoms with Gasteiger partial charge in [0.05, 0.1) is 0 Å². The molecule has 94 valence electrons. The van der Waals surface area contributed by atoms with E-state index in [2.05, 4.69) is 0 Å². The molecular weight excluding hydrogens is 232 g/mol. The zero-order valence-corrected chi connectivity index (χ0v) is 11.9. The van der Waals surface area contributed by atoms with Crippen molar-refractivity contribution >= 4 is 14.1 Å². The van der Waals surface area contributed by atoms with Gasteiger partial charge in [0.25, 0.3) is 0 Å². The molecule has 0 atom stereocenters. The molecule has 0 aliphatic carbocycles. The van der Waals surface area contributed by atoms with Gasteiger partial charge in [-0.25, -0.2) is 0 Å². The van der Waals surface area contributed by atoms with Gasteiger partial charge in [0.1, 0.15) is 12.0 Å². The Morgan fingerprint density at radius 3 is 2.59 bits per heavy atom. The monoisotopic (exact) mass is 252 g/mol. The number of hydrogen-bond donors (Lipinski definition) is 1. The van der Waals surface area contributed by atoms with Gasteiger partial charge in [0.15, 0.2) is 5.78 Å². The van der Waals surface area contributed by atoms with E-state index in [9.17, 15) is 9.59 Å². The van der Waals surface area contributed by atoms with Gasteiger partial charge < -0.3 is 9.53 Å². The van der Waals surface area contributed by atoms with Crippen LogP contribution in [-0.4, -0.2) is 25.1 Å². The quantitative estimate of drug-likeness (QED) is 0.647. The van der Waals surface area contributed by atoms with Crippen LogP contribution in [0.2, 0.25) is 13.1 Å². The Kier molecular flexibility index (Phi) is 4.48. The summed E-state index contributed by atoms with van der Waals surface area (Å²) in [6, 6.07) is 7.13. The number of carbonyl (C=O) groups is 1. The molecule has 3 nitrogen and oxygen atoms in total. The molecule has 1 rings (SSSR count). The molecule has 0 saturated carbocycles. The average Bonchev–Trinajstić information content (AvgIpc) is 2.24. The van der Waals surface area contributed by atoms with E-state index in [0.29, 0.717) is 17.5 Å². The van der Waals surface area contributed by atoms with E-state index >= 15 is 0 Å². The molecule has 1 N–H and O–H groups in total. The summed E-state index contributed by atoms with van der Waals surface area (Å²) < 4.78 is 5.50. The fraction of sp³-hybridized carbons (Fsp3) is 0.462. The number of carbonyl (C=O) groups excluding carboxylic acids is 1. The third kappa shape index (κ3) is 4.71. The highest BCUT2D eigenvalue weighted by Crippen LogP contribution is 2.17. The van der Waals surface area contributed by atoms with Crippen LogP contribution < -0.4 is 4.74 Å². The van der Waals surface area contributed by atoms with Gasteiger partial charge in [-0.1, -0.05) is 26.0 Å². The normalized spacial score (nSPS) is 11.6. The lowest BCUT2D eigenvalue weighted by molar-refractivity contribution is 0.0939. The number of ketones is 1. The Morgan fingerprint density at radius 1 is 1.41 bits per heavy atom. The zero-order valence-electron chi connectivity index (χ0n) is 10.9. The number of Topliss-reactive ketones (excluding diaryl/α,β-unsaturated/α-hetero) is 1. The minimum atomic E-state index is -2.21. The third-order valence-electron chi connectivity index (χ3n) is 2.23. The van der Waals surface area contributed by atoms with E-state index in [1.807, 2.05) is 26.9 Å². The van der Waals surface area contributed by atoms with E-state index < -0.39 is 8.32 Å². The van der Waals surface area contributed by atoms with Crippen molar-refractivity contribution in [1.82, 2.24) is 0 Å². The van der Waals surface area contributed by atoms with Gasteiger partial charge >= 0.3 is 0 Å². The number of ether oxygens (including phenoxy) is 1. The van der Waals surface area contributed by atoms with E-state index in [1.54, 1.807) is 24.3 Å². The molecule has 0 radical (unpaired) electrons. The van der Waals surface area contributed by atoms with Gasteiger partial charge in [-0.05, 0) is 25.2 Å². The van der Waals surface area contributed by atoms with Gasteiger partial charge in [-0.3, -0.25) is 4.79 Å². The Labute approximate surface area is 104 Å². The molecule has 0 bridgehead atoms. The lowest BCUT2D eigenvalue weighted by atomic mass is 10.0. The van der Waals surface area contributed by atoms with Crippen LogP contribution in [0.5, 0.6) is 5.75 Å². The van der Waals surface area contributed by atoms with Crippen molar-refractivity contribution in [2.75, 3.05) is 6.23 Å². The van der Waals surface area contributed by atoms with Crippen LogP contribution in [-0.2, 0) is 0 Å². The molecule has 0 saturated heterocycles. The van der Waals surface area contributed by atoms with Crippen molar-refractivity contribution in [3.63, 3.8) is 0 Å². The molecule has 1 aromatic carbocycles. The first-order valence-corrected chi connectivity index (χ1v) is 8.94. The second-order valence-corrected chi connectivity index (χ2v) is 9.06. The summed E-state index contributed by atoms with van der Waals surface area (Å²) in [6.45, 7) is 7.38. The maximum absolute atomic E-state index is 11.8. The molecule has 0 amide bonds. The van der Waals surface area contributed by atoms with Crippen molar-refractivity contribution < 1.29 is 14.3 Å². The SMILES string of the molecule is CC(C)C(=O)c1cccc(OC[Si](C)(C)O)c1. The smallest absolute Gasteiger partial charge is 0.220 e. The van der Waals surface area contributed by atoms with Gasteiger partial charge in [0, 0.05) is 11.5 Å². The van der Waals surface area contributed by atoms with Crippen LogP contribution in [0.15, 0.2) is 24.3 Å². The summed E-state index contributed by atoms with van der Waals surface area (Å²) in [7, 11) is -2.21. The van der Waals surface area contributed by atoms with E-state index in [1.165, 1.54) is 0 Å². The third-order valence-corrected chi connectivity index (χ3v) is 3.09. The van der Waals surface area contributed by atoms with Crippen molar-refractivity contribution in [1.29, 1.82) is 0 Å². The topological polar surface area (TPSA) is 46.5 Å². The minimum absolute atomic E-state index is 0.0195. The minimum Gasteiger partial charge on any atom is -0.494 e. The molecule has 1 aromatic rings. The molecule has 0 aliphatic rings. The number of hydrogen-bond acceptors (Lipinski definition) is 3. The summed E-state index contributed by atoms with van der Waals surface area (Å²) >= 11 is 0. The lowest BCUT2D eigenvalue weighted by Crippen LogP contribution is -2.34. The second kappa shape index (κ2) is 5.47. The highest BCUT2D eigenvalue weighted by molar-refractivity contribution is 6.69. The summed E-state index contributed by atoms with van der Waals surface area (Å²) in [5.41, 5.74) is 0.662. The van der Waals surface area contributed by atoms with Gasteiger partial charge in [0.2, 0.25) is 8.32 Å². The van der Waals surface area contributed by atoms with Crippen LogP contribution in [0.25, 0.3) is 0 Å². The molecular formula is C13H20O3Si. The van der Waals surface area contributed by atoms with E-state index in [0.717, 1.165) is 0 Å². The Morgan fingerprint density at radius 2 is 2.06 bits per heavy atom. The predicted molar refractivity (Wildman–Crippen MR) is 70.8 cm³/mol. The molecule has 17 heavy (non-hydrogen) atoms. The van der Waals surface area contributed by atoms with Crippen molar-refractivity contribution in [2.45, 2.75) is 26.9 Å². The summed E-state index contributed by atoms with van der Waals surface area (Å²) in [4.78, 5) is 21.5. The second-order valence-electron chi connectivity index (χ2n) is 5.15. The molecule has 0 unspecified atom stereocenters. The van der Waals surface area contributed by atoms with Crippen LogP contribution in [0.4, 0.5) is 0 Å². The summed E-state index contributed by atoms with van der Waals surface area (Å²) in [5, 5.41) is 0. The predicted octanol–water partition coefficient (Wildman–Crippen LogP) is 2.64. The average molecular weight is 252 g/mol. The van der Waals surface area contributed by atoms with Crippen LogP contribution >= 0.6 is 0 Å². The number of benzene rings is 1. The maximum atomic E-state index is 11.8.